The van der Waals surface area contributed by atoms with Gasteiger partial charge in [-0.2, -0.15) is 0 Å². The van der Waals surface area contributed by atoms with E-state index in [1.165, 1.54) is 5.56 Å². The zero-order chi connectivity index (χ0) is 10.8. The van der Waals surface area contributed by atoms with E-state index in [2.05, 4.69) is 31.3 Å². The molecular weight excluding hydrogens is 190 g/mol. The van der Waals surface area contributed by atoms with Crippen LogP contribution in [-0.4, -0.2) is 6.09 Å². The fourth-order valence-electron chi connectivity index (χ4n) is 1.78. The van der Waals surface area contributed by atoms with Gasteiger partial charge in [0.2, 0.25) is 0 Å². The highest BCUT2D eigenvalue weighted by Crippen LogP contribution is 2.23. The van der Waals surface area contributed by atoms with Crippen LogP contribution in [0.2, 0.25) is 0 Å². The Morgan fingerprint density at radius 2 is 2.27 bits per heavy atom. The van der Waals surface area contributed by atoms with Crippen molar-refractivity contribution >= 4 is 11.8 Å². The zero-order valence-corrected chi connectivity index (χ0v) is 9.04. The molecule has 3 nitrogen and oxygen atoms in total. The normalized spacial score (nSPS) is 14.5. The minimum atomic E-state index is -0.362. The first-order valence-electron chi connectivity index (χ1n) is 5.21. The van der Waals surface area contributed by atoms with Crippen LogP contribution in [0.15, 0.2) is 18.2 Å². The summed E-state index contributed by atoms with van der Waals surface area (Å²) in [4.78, 5) is 11.0. The smallest absolute Gasteiger partial charge is 0.411 e. The van der Waals surface area contributed by atoms with Gasteiger partial charge in [-0.15, -0.1) is 0 Å². The molecule has 1 amide bonds. The number of rotatable bonds is 2. The predicted molar refractivity (Wildman–Crippen MR) is 58.8 cm³/mol. The lowest BCUT2D eigenvalue weighted by Gasteiger charge is -2.18. The first-order valence-corrected chi connectivity index (χ1v) is 5.21. The number of hydrogen-bond donors (Lipinski definition) is 1. The summed E-state index contributed by atoms with van der Waals surface area (Å²) in [6.07, 6.45) is 0.695. The number of hydrogen-bond acceptors (Lipinski definition) is 2. The van der Waals surface area contributed by atoms with Gasteiger partial charge in [-0.1, -0.05) is 26.0 Å². The largest absolute Gasteiger partial charge is 0.444 e. The lowest BCUT2D eigenvalue weighted by molar-refractivity contribution is 0.151. The second-order valence-electron chi connectivity index (χ2n) is 4.29. The highest BCUT2D eigenvalue weighted by molar-refractivity contribution is 5.87. The second-order valence-corrected chi connectivity index (χ2v) is 4.29. The maximum atomic E-state index is 11.0. The summed E-state index contributed by atoms with van der Waals surface area (Å²) < 4.78 is 4.91. The van der Waals surface area contributed by atoms with E-state index in [-0.39, 0.29) is 6.09 Å². The summed E-state index contributed by atoms with van der Waals surface area (Å²) in [5, 5.41) is 2.68. The molecule has 1 N–H and O–H groups in total. The number of cyclic esters (lactones) is 1. The number of nitrogens with one attached hydrogen (secondary N) is 1. The van der Waals surface area contributed by atoms with Crippen LogP contribution in [0, 0.1) is 5.92 Å². The summed E-state index contributed by atoms with van der Waals surface area (Å²) in [5.41, 5.74) is 3.23. The molecule has 0 fully saturated rings. The molecule has 0 atom stereocenters. The zero-order valence-electron chi connectivity index (χ0n) is 9.04. The molecule has 80 valence electrons. The third-order valence-electron chi connectivity index (χ3n) is 2.41. The lowest BCUT2D eigenvalue weighted by Crippen LogP contribution is -2.20. The van der Waals surface area contributed by atoms with Crippen LogP contribution in [-0.2, 0) is 17.8 Å². The minimum Gasteiger partial charge on any atom is -0.444 e. The van der Waals surface area contributed by atoms with Gasteiger partial charge in [-0.05, 0) is 24.0 Å². The third kappa shape index (κ3) is 2.29. The molecule has 2 rings (SSSR count). The van der Waals surface area contributed by atoms with E-state index in [1.54, 1.807) is 0 Å². The molecule has 0 bridgehead atoms. The molecule has 0 aromatic heterocycles. The van der Waals surface area contributed by atoms with Crippen molar-refractivity contribution in [2.75, 3.05) is 5.32 Å². The Bertz CT molecular complexity index is 385. The van der Waals surface area contributed by atoms with Crippen LogP contribution in [0.25, 0.3) is 0 Å². The number of ether oxygens (including phenoxy) is 1. The minimum absolute atomic E-state index is 0.362. The van der Waals surface area contributed by atoms with Crippen LogP contribution in [0.4, 0.5) is 10.5 Å². The molecule has 0 saturated heterocycles. The van der Waals surface area contributed by atoms with Crippen LogP contribution in [0.1, 0.15) is 25.0 Å². The molecule has 1 aliphatic heterocycles. The molecule has 15 heavy (non-hydrogen) atoms. The van der Waals surface area contributed by atoms with Gasteiger partial charge < -0.3 is 4.74 Å². The monoisotopic (exact) mass is 205 g/mol. The lowest BCUT2D eigenvalue weighted by atomic mass is 10.00. The molecule has 0 unspecified atom stereocenters. The van der Waals surface area contributed by atoms with Crippen LogP contribution < -0.4 is 5.32 Å². The molecule has 1 heterocycles. The van der Waals surface area contributed by atoms with Crippen molar-refractivity contribution in [2.24, 2.45) is 5.92 Å². The Labute approximate surface area is 89.4 Å². The first-order chi connectivity index (χ1) is 7.15. The number of carbonyl (C=O) groups is 1. The Hall–Kier alpha value is -1.51. The molecule has 0 saturated carbocycles. The van der Waals surface area contributed by atoms with E-state index in [1.807, 2.05) is 6.07 Å². The standard InChI is InChI=1S/C12H15NO2/c1-8(2)5-9-3-4-11-10(6-9)7-15-12(14)13-11/h3-4,6,8H,5,7H2,1-2H3,(H,13,14). The van der Waals surface area contributed by atoms with Gasteiger partial charge in [0, 0.05) is 5.56 Å². The number of amides is 1. The van der Waals surface area contributed by atoms with E-state index < -0.39 is 0 Å². The Morgan fingerprint density at radius 1 is 1.47 bits per heavy atom. The summed E-state index contributed by atoms with van der Waals surface area (Å²) in [5.74, 6) is 0.641. The van der Waals surface area contributed by atoms with E-state index in [4.69, 9.17) is 4.74 Å². The summed E-state index contributed by atoms with van der Waals surface area (Å²) in [6.45, 7) is 4.77. The number of fused-ring (bicyclic) bond motifs is 1. The molecular formula is C12H15NO2. The maximum Gasteiger partial charge on any atom is 0.411 e. The van der Waals surface area contributed by atoms with Gasteiger partial charge in [0.25, 0.3) is 0 Å². The topological polar surface area (TPSA) is 38.3 Å². The van der Waals surface area contributed by atoms with Gasteiger partial charge in [0.05, 0.1) is 5.69 Å². The second kappa shape index (κ2) is 3.93. The van der Waals surface area contributed by atoms with E-state index in [0.717, 1.165) is 17.7 Å². The number of benzene rings is 1. The fraction of sp³-hybridized carbons (Fsp3) is 0.417. The number of anilines is 1. The highest BCUT2D eigenvalue weighted by Gasteiger charge is 2.15. The molecule has 1 aromatic rings. The average Bonchev–Trinajstić information content (AvgIpc) is 2.17. The maximum absolute atomic E-state index is 11.0. The highest BCUT2D eigenvalue weighted by atomic mass is 16.5. The van der Waals surface area contributed by atoms with Gasteiger partial charge in [0.1, 0.15) is 6.61 Å². The van der Waals surface area contributed by atoms with E-state index in [9.17, 15) is 4.79 Å². The van der Waals surface area contributed by atoms with Gasteiger partial charge in [-0.3, -0.25) is 5.32 Å². The van der Waals surface area contributed by atoms with E-state index in [0.29, 0.717) is 12.5 Å². The Balaban J connectivity index is 2.23. The van der Waals surface area contributed by atoms with Gasteiger partial charge in [-0.25, -0.2) is 4.79 Å². The third-order valence-corrected chi connectivity index (χ3v) is 2.41. The van der Waals surface area contributed by atoms with Crippen molar-refractivity contribution in [3.05, 3.63) is 29.3 Å². The van der Waals surface area contributed by atoms with Crippen molar-refractivity contribution in [1.82, 2.24) is 0 Å². The average molecular weight is 205 g/mol. The summed E-state index contributed by atoms with van der Waals surface area (Å²) >= 11 is 0. The van der Waals surface area contributed by atoms with Crippen molar-refractivity contribution < 1.29 is 9.53 Å². The fourth-order valence-corrected chi connectivity index (χ4v) is 1.78. The van der Waals surface area contributed by atoms with Crippen molar-refractivity contribution in [3.63, 3.8) is 0 Å². The predicted octanol–water partition coefficient (Wildman–Crippen LogP) is 2.95. The summed E-state index contributed by atoms with van der Waals surface area (Å²) in [7, 11) is 0. The van der Waals surface area contributed by atoms with Crippen molar-refractivity contribution in [1.29, 1.82) is 0 Å². The SMILES string of the molecule is CC(C)Cc1ccc2c(c1)COC(=O)N2. The molecule has 1 aliphatic rings. The van der Waals surface area contributed by atoms with Gasteiger partial charge >= 0.3 is 6.09 Å². The van der Waals surface area contributed by atoms with E-state index >= 15 is 0 Å². The quantitative estimate of drug-likeness (QED) is 0.806. The molecule has 1 aromatic carbocycles. The Kier molecular flexibility index (Phi) is 2.62. The molecule has 0 radical (unpaired) electrons. The molecule has 3 heteroatoms. The van der Waals surface area contributed by atoms with Crippen molar-refractivity contribution in [2.45, 2.75) is 26.9 Å². The van der Waals surface area contributed by atoms with Crippen LogP contribution in [0.3, 0.4) is 0 Å². The summed E-state index contributed by atoms with van der Waals surface area (Å²) in [6, 6.07) is 6.12. The molecule has 0 aliphatic carbocycles. The van der Waals surface area contributed by atoms with Crippen LogP contribution in [0.5, 0.6) is 0 Å². The Morgan fingerprint density at radius 3 is 3.00 bits per heavy atom. The van der Waals surface area contributed by atoms with Crippen LogP contribution >= 0.6 is 0 Å². The van der Waals surface area contributed by atoms with Crippen molar-refractivity contribution in [3.8, 4) is 0 Å². The first kappa shape index (κ1) is 10.0. The molecule has 0 spiro atoms. The number of carbonyl (C=O) groups excluding carboxylic acids is 1. The van der Waals surface area contributed by atoms with Gasteiger partial charge in [0.15, 0.2) is 0 Å².